The molecule has 3 heteroatoms. The molecule has 1 aromatic rings. The molecule has 0 saturated carbocycles. The van der Waals surface area contributed by atoms with Crippen molar-refractivity contribution < 1.29 is 0 Å². The molecule has 1 aromatic carbocycles. The van der Waals surface area contributed by atoms with E-state index in [1.54, 1.807) is 0 Å². The molecule has 98 valence electrons. The lowest BCUT2D eigenvalue weighted by Crippen LogP contribution is -2.23. The zero-order valence-electron chi connectivity index (χ0n) is 11.5. The lowest BCUT2D eigenvalue weighted by molar-refractivity contribution is 0.792. The molecule has 0 amide bonds. The van der Waals surface area contributed by atoms with Crippen molar-refractivity contribution in [3.05, 3.63) is 27.7 Å². The summed E-state index contributed by atoms with van der Waals surface area (Å²) < 4.78 is 0. The first kappa shape index (κ1) is 16.6. The summed E-state index contributed by atoms with van der Waals surface area (Å²) >= 11 is 12.2. The lowest BCUT2D eigenvalue weighted by atomic mass is 10.2. The highest BCUT2D eigenvalue weighted by atomic mass is 35.5. The second-order valence-corrected chi connectivity index (χ2v) is 4.43. The fraction of sp³-hybridized carbons (Fsp3) is 0.571. The Morgan fingerprint density at radius 3 is 1.88 bits per heavy atom. The van der Waals surface area contributed by atoms with Crippen molar-refractivity contribution in [3.8, 4) is 0 Å². The molecule has 0 radical (unpaired) electrons. The molecule has 0 aliphatic carbocycles. The van der Waals surface area contributed by atoms with Gasteiger partial charge in [0, 0.05) is 28.8 Å². The van der Waals surface area contributed by atoms with E-state index >= 15 is 0 Å². The third kappa shape index (κ3) is 4.77. The topological polar surface area (TPSA) is 3.24 Å². The van der Waals surface area contributed by atoms with Crippen LogP contribution in [0.4, 0.5) is 5.69 Å². The Labute approximate surface area is 116 Å². The summed E-state index contributed by atoms with van der Waals surface area (Å²) in [5.41, 5.74) is 2.06. The van der Waals surface area contributed by atoms with Crippen LogP contribution in [0.5, 0.6) is 0 Å². The monoisotopic (exact) mass is 275 g/mol. The first-order chi connectivity index (χ1) is 8.10. The summed E-state index contributed by atoms with van der Waals surface area (Å²) in [6, 6.07) is 3.98. The summed E-state index contributed by atoms with van der Waals surface area (Å²) in [6.07, 6.45) is 1.12. The third-order valence-electron chi connectivity index (χ3n) is 2.51. The fourth-order valence-corrected chi connectivity index (χ4v) is 2.03. The van der Waals surface area contributed by atoms with Crippen molar-refractivity contribution >= 4 is 28.9 Å². The number of halogens is 2. The van der Waals surface area contributed by atoms with Gasteiger partial charge >= 0.3 is 0 Å². The predicted molar refractivity (Wildman–Crippen MR) is 80.7 cm³/mol. The van der Waals surface area contributed by atoms with E-state index in [9.17, 15) is 0 Å². The van der Waals surface area contributed by atoms with Gasteiger partial charge in [0.05, 0.1) is 0 Å². The molecule has 0 aromatic heterocycles. The zero-order valence-corrected chi connectivity index (χ0v) is 13.0. The molecule has 0 saturated heterocycles. The maximum atomic E-state index is 6.11. The minimum absolute atomic E-state index is 0.743. The Morgan fingerprint density at radius 2 is 1.53 bits per heavy atom. The van der Waals surface area contributed by atoms with Crippen LogP contribution in [0.15, 0.2) is 12.1 Å². The van der Waals surface area contributed by atoms with Crippen LogP contribution in [-0.4, -0.2) is 13.1 Å². The van der Waals surface area contributed by atoms with Crippen molar-refractivity contribution in [1.82, 2.24) is 0 Å². The standard InChI is InChI=1S/C12H17Cl2N.C2H6/c1-4-6-15(5-2)10-7-11(13)9(3)12(14)8-10;1-2/h7-8H,4-6H2,1-3H3;1-2H3. The minimum Gasteiger partial charge on any atom is -0.372 e. The molecule has 1 rings (SSSR count). The predicted octanol–water partition coefficient (Wildman–Crippen LogP) is 5.56. The average Bonchev–Trinajstić information content (AvgIpc) is 2.35. The van der Waals surface area contributed by atoms with Gasteiger partial charge in [-0.3, -0.25) is 0 Å². The SMILES string of the molecule is CC.CCCN(CC)c1cc(Cl)c(C)c(Cl)c1. The van der Waals surface area contributed by atoms with Crippen molar-refractivity contribution in [2.75, 3.05) is 18.0 Å². The molecule has 0 bridgehead atoms. The highest BCUT2D eigenvalue weighted by Gasteiger charge is 2.08. The van der Waals surface area contributed by atoms with Crippen LogP contribution < -0.4 is 4.90 Å². The van der Waals surface area contributed by atoms with Crippen LogP contribution in [0.3, 0.4) is 0 Å². The third-order valence-corrected chi connectivity index (χ3v) is 3.29. The van der Waals surface area contributed by atoms with Gasteiger partial charge in [0.25, 0.3) is 0 Å². The summed E-state index contributed by atoms with van der Waals surface area (Å²) in [4.78, 5) is 2.28. The zero-order chi connectivity index (χ0) is 13.4. The highest BCUT2D eigenvalue weighted by Crippen LogP contribution is 2.30. The van der Waals surface area contributed by atoms with E-state index in [4.69, 9.17) is 23.2 Å². The molecule has 17 heavy (non-hydrogen) atoms. The number of nitrogens with zero attached hydrogens (tertiary/aromatic N) is 1. The second kappa shape index (κ2) is 8.66. The van der Waals surface area contributed by atoms with Crippen LogP contribution in [0, 0.1) is 6.92 Å². The van der Waals surface area contributed by atoms with Gasteiger partial charge in [-0.2, -0.15) is 0 Å². The van der Waals surface area contributed by atoms with Crippen molar-refractivity contribution in [2.45, 2.75) is 41.0 Å². The first-order valence-corrected chi connectivity index (χ1v) is 7.06. The van der Waals surface area contributed by atoms with E-state index in [0.29, 0.717) is 0 Å². The number of hydrogen-bond acceptors (Lipinski definition) is 1. The number of rotatable bonds is 4. The molecule has 0 aliphatic rings. The Morgan fingerprint density at radius 1 is 1.06 bits per heavy atom. The molecule has 0 fully saturated rings. The summed E-state index contributed by atoms with van der Waals surface area (Å²) in [5.74, 6) is 0. The van der Waals surface area contributed by atoms with Crippen LogP contribution in [0.2, 0.25) is 10.0 Å². The molecule has 0 heterocycles. The Kier molecular flexibility index (Phi) is 8.45. The molecule has 0 N–H and O–H groups in total. The molecule has 0 unspecified atom stereocenters. The largest absolute Gasteiger partial charge is 0.372 e. The first-order valence-electron chi connectivity index (χ1n) is 6.30. The van der Waals surface area contributed by atoms with Crippen molar-refractivity contribution in [1.29, 1.82) is 0 Å². The van der Waals surface area contributed by atoms with E-state index < -0.39 is 0 Å². The molecule has 0 spiro atoms. The summed E-state index contributed by atoms with van der Waals surface area (Å²) in [7, 11) is 0. The second-order valence-electron chi connectivity index (χ2n) is 3.61. The Balaban J connectivity index is 0.00000121. The van der Waals surface area contributed by atoms with Crippen LogP contribution in [0.25, 0.3) is 0 Å². The maximum Gasteiger partial charge on any atom is 0.0470 e. The van der Waals surface area contributed by atoms with Gasteiger partial charge in [-0.05, 0) is 38.0 Å². The van der Waals surface area contributed by atoms with Gasteiger partial charge in [0.1, 0.15) is 0 Å². The number of hydrogen-bond donors (Lipinski definition) is 0. The van der Waals surface area contributed by atoms with Crippen LogP contribution in [-0.2, 0) is 0 Å². The van der Waals surface area contributed by atoms with Gasteiger partial charge in [0.15, 0.2) is 0 Å². The molecule has 1 nitrogen and oxygen atoms in total. The van der Waals surface area contributed by atoms with Gasteiger partial charge in [-0.25, -0.2) is 0 Å². The van der Waals surface area contributed by atoms with E-state index in [2.05, 4.69) is 18.7 Å². The van der Waals surface area contributed by atoms with E-state index in [0.717, 1.165) is 40.8 Å². The summed E-state index contributed by atoms with van der Waals surface area (Å²) in [5, 5.41) is 1.49. The van der Waals surface area contributed by atoms with E-state index in [1.165, 1.54) is 0 Å². The van der Waals surface area contributed by atoms with Crippen molar-refractivity contribution in [2.24, 2.45) is 0 Å². The lowest BCUT2D eigenvalue weighted by Gasteiger charge is -2.23. The van der Waals surface area contributed by atoms with Gasteiger partial charge in [-0.1, -0.05) is 44.0 Å². The molecular weight excluding hydrogens is 253 g/mol. The molecule has 0 atom stereocenters. The molecule has 0 aliphatic heterocycles. The quantitative estimate of drug-likeness (QED) is 0.695. The van der Waals surface area contributed by atoms with Gasteiger partial charge < -0.3 is 4.90 Å². The van der Waals surface area contributed by atoms with Gasteiger partial charge in [-0.15, -0.1) is 0 Å². The van der Waals surface area contributed by atoms with Crippen LogP contribution >= 0.6 is 23.2 Å². The van der Waals surface area contributed by atoms with Crippen molar-refractivity contribution in [3.63, 3.8) is 0 Å². The maximum absolute atomic E-state index is 6.11. The van der Waals surface area contributed by atoms with Crippen LogP contribution in [0.1, 0.15) is 39.7 Å². The minimum atomic E-state index is 0.743. The summed E-state index contributed by atoms with van der Waals surface area (Å²) in [6.45, 7) is 12.2. The number of anilines is 1. The normalized spacial score (nSPS) is 9.59. The van der Waals surface area contributed by atoms with E-state index in [1.807, 2.05) is 32.9 Å². The Bertz CT molecular complexity index is 314. The molecular formula is C14H23Cl2N. The van der Waals surface area contributed by atoms with Gasteiger partial charge in [0.2, 0.25) is 0 Å². The van der Waals surface area contributed by atoms with E-state index in [-0.39, 0.29) is 0 Å². The Hall–Kier alpha value is -0.400. The number of benzene rings is 1. The highest BCUT2D eigenvalue weighted by molar-refractivity contribution is 6.36. The average molecular weight is 276 g/mol. The fourth-order valence-electron chi connectivity index (χ4n) is 1.55. The smallest absolute Gasteiger partial charge is 0.0470 e.